The van der Waals surface area contributed by atoms with E-state index >= 15 is 0 Å². The number of benzene rings is 2. The van der Waals surface area contributed by atoms with Gasteiger partial charge in [-0.2, -0.15) is 11.1 Å². The van der Waals surface area contributed by atoms with Gasteiger partial charge in [0.25, 0.3) is 0 Å². The minimum atomic E-state index is -1.65. The van der Waals surface area contributed by atoms with Crippen molar-refractivity contribution in [1.29, 1.82) is 0 Å². The first kappa shape index (κ1) is 31.6. The summed E-state index contributed by atoms with van der Waals surface area (Å²) in [4.78, 5) is 0. The average molecular weight is 619 g/mol. The molecule has 0 aliphatic rings. The van der Waals surface area contributed by atoms with Gasteiger partial charge in [-0.05, 0) is 26.7 Å². The fourth-order valence-corrected chi connectivity index (χ4v) is 4.94. The van der Waals surface area contributed by atoms with Gasteiger partial charge in [-0.25, -0.2) is 0 Å². The van der Waals surface area contributed by atoms with Crippen LogP contribution in [0.4, 0.5) is 0 Å². The first-order valence-electron chi connectivity index (χ1n) is 13.2. The van der Waals surface area contributed by atoms with E-state index < -0.39 is 18.0 Å². The van der Waals surface area contributed by atoms with Crippen LogP contribution in [0.1, 0.15) is 71.2 Å². The summed E-state index contributed by atoms with van der Waals surface area (Å²) in [5.74, 6) is 0. The van der Waals surface area contributed by atoms with Crippen molar-refractivity contribution in [3.8, 4) is 0 Å². The van der Waals surface area contributed by atoms with Gasteiger partial charge in [0.2, 0.25) is 0 Å². The molecule has 0 saturated heterocycles. The van der Waals surface area contributed by atoms with Gasteiger partial charge in [0.15, 0.2) is 0 Å². The molecule has 0 radical (unpaired) electrons. The molecule has 0 aromatic heterocycles. The first-order chi connectivity index (χ1) is 16.9. The van der Waals surface area contributed by atoms with Crippen LogP contribution in [0.3, 0.4) is 0 Å². The van der Waals surface area contributed by atoms with Crippen LogP contribution < -0.4 is 0 Å². The van der Waals surface area contributed by atoms with E-state index in [-0.39, 0.29) is 5.43 Å². The molecule has 4 aromatic rings. The van der Waals surface area contributed by atoms with Gasteiger partial charge in [-0.1, -0.05) is 88.8 Å². The molecule has 36 heavy (non-hydrogen) atoms. The zero-order valence-corrected chi connectivity index (χ0v) is 29.0. The molecular formula is C32H44Cl2SiZr-2. The normalized spacial score (nSPS) is 10.7. The van der Waals surface area contributed by atoms with Gasteiger partial charge < -0.3 is 0 Å². The van der Waals surface area contributed by atoms with Crippen molar-refractivity contribution in [3.05, 3.63) is 80.9 Å². The van der Waals surface area contributed by atoms with Crippen LogP contribution in [0.15, 0.2) is 36.4 Å². The number of hydrogen-bond donors (Lipinski definition) is 0. The van der Waals surface area contributed by atoms with Crippen molar-refractivity contribution in [1.82, 2.24) is 0 Å². The van der Waals surface area contributed by atoms with Crippen molar-refractivity contribution in [3.63, 3.8) is 0 Å². The Morgan fingerprint density at radius 3 is 1.28 bits per heavy atom. The number of hydrogen-bond acceptors (Lipinski definition) is 0. The summed E-state index contributed by atoms with van der Waals surface area (Å²) in [6.45, 7) is 22.1. The molecule has 0 nitrogen and oxygen atoms in total. The van der Waals surface area contributed by atoms with Crippen LogP contribution in [-0.2, 0) is 30.8 Å². The fraction of sp³-hybridized carbons (Fsp3) is 0.438. The van der Waals surface area contributed by atoms with E-state index in [0.29, 0.717) is 0 Å². The maximum atomic E-state index is 5.62. The van der Waals surface area contributed by atoms with E-state index in [9.17, 15) is 0 Å². The molecule has 0 amide bonds. The molecule has 0 saturated carbocycles. The van der Waals surface area contributed by atoms with E-state index in [4.69, 9.17) is 17.0 Å². The summed E-state index contributed by atoms with van der Waals surface area (Å²) in [5, 5.41) is 5.85. The SMILES string of the molecule is CCCc1cc(C)cc2[cH-]c(C)c(C)c12.CCCc1cc(C)cc2[cH-]c(C)c(C)c12.C[Si](C)=[Zr]([Cl])[Cl]. The molecule has 0 heterocycles. The Hall–Kier alpha value is -0.660. The van der Waals surface area contributed by atoms with E-state index in [2.05, 4.69) is 105 Å². The second kappa shape index (κ2) is 14.5. The summed E-state index contributed by atoms with van der Waals surface area (Å²) in [6.07, 6.45) is 4.84. The third-order valence-electron chi connectivity index (χ3n) is 6.88. The molecule has 4 rings (SSSR count). The summed E-state index contributed by atoms with van der Waals surface area (Å²) in [5.41, 5.74) is 11.4. The van der Waals surface area contributed by atoms with Crippen molar-refractivity contribution in [2.45, 2.75) is 94.2 Å². The number of aryl methyl sites for hydroxylation is 8. The Morgan fingerprint density at radius 1 is 0.667 bits per heavy atom. The molecule has 4 heteroatoms. The van der Waals surface area contributed by atoms with Crippen molar-refractivity contribution < 1.29 is 18.0 Å². The molecule has 0 fully saturated rings. The first-order valence-corrected chi connectivity index (χ1v) is 25.7. The molecule has 196 valence electrons. The molecule has 0 aliphatic carbocycles. The predicted octanol–water partition coefficient (Wildman–Crippen LogP) is 11.0. The van der Waals surface area contributed by atoms with Crippen LogP contribution >= 0.6 is 17.0 Å². The monoisotopic (exact) mass is 616 g/mol. The van der Waals surface area contributed by atoms with Gasteiger partial charge in [0, 0.05) is 0 Å². The van der Waals surface area contributed by atoms with E-state index in [1.54, 1.807) is 0 Å². The van der Waals surface area contributed by atoms with Crippen LogP contribution in [0.5, 0.6) is 0 Å². The number of rotatable bonds is 4. The van der Waals surface area contributed by atoms with Crippen LogP contribution in [0.25, 0.3) is 21.5 Å². The summed E-state index contributed by atoms with van der Waals surface area (Å²) >= 11 is -1.65. The molecule has 0 unspecified atom stereocenters. The summed E-state index contributed by atoms with van der Waals surface area (Å²) in [7, 11) is 11.2. The number of halogens is 2. The van der Waals surface area contributed by atoms with Gasteiger partial charge in [0.05, 0.1) is 0 Å². The standard InChI is InChI=1S/2C15H19.C2H6Si.2ClH.Zr/c2*1-5-6-13-7-10(2)8-14-9-11(3)12(4)15(13)14;1-3-2;;;/h2*7-9H,5-6H2,1-4H3;1-2H3;2*1H;/q2*-1;;;;+2/p-2. The Labute approximate surface area is 235 Å². The van der Waals surface area contributed by atoms with Gasteiger partial charge >= 0.3 is 53.5 Å². The van der Waals surface area contributed by atoms with Crippen LogP contribution in [0, 0.1) is 41.5 Å². The Morgan fingerprint density at radius 2 is 1.00 bits per heavy atom. The Bertz CT molecular complexity index is 1240. The zero-order valence-electron chi connectivity index (χ0n) is 24.0. The van der Waals surface area contributed by atoms with E-state index in [1.165, 1.54) is 91.7 Å². The van der Waals surface area contributed by atoms with Crippen LogP contribution in [-0.4, -0.2) is 5.43 Å². The average Bonchev–Trinajstić information content (AvgIpc) is 3.23. The molecule has 0 atom stereocenters. The van der Waals surface area contributed by atoms with Gasteiger partial charge in [-0.3, -0.25) is 0 Å². The molecule has 0 aliphatic heterocycles. The van der Waals surface area contributed by atoms with Crippen molar-refractivity contribution in [2.24, 2.45) is 0 Å². The third kappa shape index (κ3) is 8.17. The van der Waals surface area contributed by atoms with E-state index in [0.717, 1.165) is 0 Å². The van der Waals surface area contributed by atoms with Crippen molar-refractivity contribution in [2.75, 3.05) is 0 Å². The Kier molecular flexibility index (Phi) is 12.7. The van der Waals surface area contributed by atoms with Gasteiger partial charge in [-0.15, -0.1) is 56.9 Å². The second-order valence-electron chi connectivity index (χ2n) is 10.4. The molecule has 0 N–H and O–H groups in total. The third-order valence-corrected chi connectivity index (χ3v) is 26.6. The summed E-state index contributed by atoms with van der Waals surface area (Å²) < 4.78 is 0. The second-order valence-corrected chi connectivity index (χ2v) is 33.4. The minimum absolute atomic E-state index is 0.224. The molecule has 0 spiro atoms. The predicted molar refractivity (Wildman–Crippen MR) is 165 cm³/mol. The molecule has 4 aromatic carbocycles. The molecule has 0 bridgehead atoms. The van der Waals surface area contributed by atoms with Crippen LogP contribution in [0.2, 0.25) is 13.1 Å². The summed E-state index contributed by atoms with van der Waals surface area (Å²) in [6, 6.07) is 13.9. The zero-order chi connectivity index (χ0) is 27.2. The maximum absolute atomic E-state index is 5.62. The topological polar surface area (TPSA) is 0 Å². The van der Waals surface area contributed by atoms with Crippen molar-refractivity contribution >= 4 is 44.0 Å². The molecular weight excluding hydrogens is 575 g/mol. The fourth-order valence-electron chi connectivity index (χ4n) is 4.94. The van der Waals surface area contributed by atoms with Gasteiger partial charge in [0.1, 0.15) is 0 Å². The van der Waals surface area contributed by atoms with E-state index in [1.807, 2.05) is 0 Å². The quantitative estimate of drug-likeness (QED) is 0.158. The number of fused-ring (bicyclic) bond motifs is 2. The Balaban J connectivity index is 0.000000208.